The Hall–Kier alpha value is -3.87. The molecular formula is C25H26ClF2N7O3. The molecule has 1 fully saturated rings. The number of carbonyl (C=O) groups excluding carboxylic acids is 1. The average Bonchev–Trinajstić information content (AvgIpc) is 3.28. The highest BCUT2D eigenvalue weighted by Crippen LogP contribution is 2.29. The molecule has 1 atom stereocenters. The molecule has 1 aromatic carbocycles. The number of piperidine rings is 1. The van der Waals surface area contributed by atoms with Gasteiger partial charge in [0.15, 0.2) is 0 Å². The molecule has 10 nitrogen and oxygen atoms in total. The van der Waals surface area contributed by atoms with Crippen molar-refractivity contribution in [2.45, 2.75) is 25.6 Å². The molecule has 1 aliphatic rings. The fourth-order valence-electron chi connectivity index (χ4n) is 4.15. The number of rotatable bonds is 9. The van der Waals surface area contributed by atoms with Gasteiger partial charge in [0.1, 0.15) is 29.0 Å². The van der Waals surface area contributed by atoms with E-state index in [-0.39, 0.29) is 36.4 Å². The van der Waals surface area contributed by atoms with E-state index in [0.29, 0.717) is 34.0 Å². The zero-order chi connectivity index (χ0) is 27.4. The first-order valence-corrected chi connectivity index (χ1v) is 11.9. The van der Waals surface area contributed by atoms with Gasteiger partial charge in [0, 0.05) is 56.2 Å². The Bertz CT molecular complexity index is 1400. The maximum Gasteiger partial charge on any atom is 0.272 e. The minimum absolute atomic E-state index is 0.104. The highest BCUT2D eigenvalue weighted by atomic mass is 35.5. The Morgan fingerprint density at radius 1 is 1.34 bits per heavy atom. The van der Waals surface area contributed by atoms with Gasteiger partial charge < -0.3 is 25.4 Å². The number of pyridine rings is 1. The highest BCUT2D eigenvalue weighted by Gasteiger charge is 2.35. The molecule has 13 heteroatoms. The molecule has 0 aliphatic carbocycles. The van der Waals surface area contributed by atoms with Crippen LogP contribution in [0.15, 0.2) is 48.4 Å². The van der Waals surface area contributed by atoms with Gasteiger partial charge in [-0.15, -0.1) is 0 Å². The van der Waals surface area contributed by atoms with Gasteiger partial charge in [-0.1, -0.05) is 11.6 Å². The van der Waals surface area contributed by atoms with Gasteiger partial charge in [0.2, 0.25) is 0 Å². The quantitative estimate of drug-likeness (QED) is 0.322. The number of halogens is 3. The van der Waals surface area contributed by atoms with Crippen LogP contribution in [0.1, 0.15) is 17.5 Å². The maximum absolute atomic E-state index is 14.2. The number of nitrogens with one attached hydrogen (secondary N) is 3. The van der Waals surface area contributed by atoms with E-state index >= 15 is 0 Å². The molecule has 38 heavy (non-hydrogen) atoms. The minimum atomic E-state index is -0.901. The summed E-state index contributed by atoms with van der Waals surface area (Å²) in [5.74, 6) is -1.15. The molecule has 4 N–H and O–H groups in total. The number of benzene rings is 1. The zero-order valence-electron chi connectivity index (χ0n) is 20.6. The lowest BCUT2D eigenvalue weighted by molar-refractivity contribution is -0.129. The number of ether oxygens (including phenoxy) is 1. The number of hydrogen-bond acceptors (Lipinski definition) is 8. The summed E-state index contributed by atoms with van der Waals surface area (Å²) in [6.45, 7) is -0.730. The van der Waals surface area contributed by atoms with Gasteiger partial charge in [0.05, 0.1) is 42.4 Å². The number of aromatic nitrogens is 3. The number of nitrogens with zero attached hydrogens (tertiary/aromatic N) is 4. The van der Waals surface area contributed by atoms with E-state index < -0.39 is 30.2 Å². The van der Waals surface area contributed by atoms with Gasteiger partial charge in [-0.2, -0.15) is 5.10 Å². The van der Waals surface area contributed by atoms with Gasteiger partial charge in [-0.05, 0) is 18.1 Å². The summed E-state index contributed by atoms with van der Waals surface area (Å²) in [4.78, 5) is 18.8. The summed E-state index contributed by atoms with van der Waals surface area (Å²) in [6.07, 6.45) is 4.87. The van der Waals surface area contributed by atoms with Crippen molar-refractivity contribution in [1.82, 2.24) is 19.7 Å². The largest absolute Gasteiger partial charge is 0.392 e. The molecule has 3 heterocycles. The summed E-state index contributed by atoms with van der Waals surface area (Å²) in [6, 6.07) is 4.68. The van der Waals surface area contributed by atoms with E-state index in [1.165, 1.54) is 24.4 Å². The molecule has 1 aliphatic heterocycles. The number of aryl methyl sites for hydroxylation is 1. The number of aliphatic hydroxyl groups excluding tert-OH is 1. The summed E-state index contributed by atoms with van der Waals surface area (Å²) in [5.41, 5.74) is 0.621. The van der Waals surface area contributed by atoms with Crippen LogP contribution in [0.25, 0.3) is 0 Å². The third-order valence-electron chi connectivity index (χ3n) is 6.14. The van der Waals surface area contributed by atoms with E-state index in [1.54, 1.807) is 30.1 Å². The minimum Gasteiger partial charge on any atom is -0.392 e. The normalized spacial score (nSPS) is 16.8. The van der Waals surface area contributed by atoms with Crippen LogP contribution in [0, 0.1) is 17.0 Å². The Balaban J connectivity index is 1.55. The van der Waals surface area contributed by atoms with E-state index in [1.807, 2.05) is 0 Å². The van der Waals surface area contributed by atoms with Gasteiger partial charge in [0.25, 0.3) is 5.91 Å². The van der Waals surface area contributed by atoms with Crippen molar-refractivity contribution < 1.29 is 23.4 Å². The molecule has 0 saturated carbocycles. The first kappa shape index (κ1) is 27.2. The standard InChI is InChI=1S/C25H26ClF2N7O3/c1-34-23(3-4-32-34)33-22-8-21(19(26)10-31-22)30-9-14-6-17(13-38-2)35(25(37)24(14)29)11-15-5-16(27)7-20(28)18(15)12-36/h3-5,7-10,17,29,36H,6,11-13H2,1-2H3,(H2,30,31,33)/b14-9-,29-24?/t17-/m1/s1. The van der Waals surface area contributed by atoms with Crippen molar-refractivity contribution in [2.75, 3.05) is 24.4 Å². The first-order chi connectivity index (χ1) is 18.2. The van der Waals surface area contributed by atoms with Crippen LogP contribution < -0.4 is 10.6 Å². The molecule has 1 saturated heterocycles. The van der Waals surface area contributed by atoms with Crippen molar-refractivity contribution in [3.8, 4) is 0 Å². The second-order valence-corrected chi connectivity index (χ2v) is 9.04. The number of aliphatic hydroxyl groups is 1. The Labute approximate surface area is 222 Å². The van der Waals surface area contributed by atoms with Gasteiger partial charge in [-0.25, -0.2) is 13.8 Å². The molecule has 4 rings (SSSR count). The van der Waals surface area contributed by atoms with Gasteiger partial charge >= 0.3 is 0 Å². The summed E-state index contributed by atoms with van der Waals surface area (Å²) >= 11 is 6.31. The van der Waals surface area contributed by atoms with E-state index in [9.17, 15) is 18.7 Å². The summed E-state index contributed by atoms with van der Waals surface area (Å²) < 4.78 is 35.0. The fraction of sp³-hybridized carbons (Fsp3) is 0.280. The predicted octanol–water partition coefficient (Wildman–Crippen LogP) is 3.75. The lowest BCUT2D eigenvalue weighted by Crippen LogP contribution is -2.50. The summed E-state index contributed by atoms with van der Waals surface area (Å²) in [7, 11) is 3.25. The number of likely N-dealkylation sites (tertiary alicyclic amines) is 1. The van der Waals surface area contributed by atoms with Crippen LogP contribution in [0.4, 0.5) is 26.1 Å². The fourth-order valence-corrected chi connectivity index (χ4v) is 4.31. The molecule has 200 valence electrons. The molecule has 0 unspecified atom stereocenters. The lowest BCUT2D eigenvalue weighted by atomic mass is 9.94. The van der Waals surface area contributed by atoms with E-state index in [0.717, 1.165) is 6.07 Å². The molecule has 3 aromatic rings. The van der Waals surface area contributed by atoms with Crippen molar-refractivity contribution in [3.05, 3.63) is 76.2 Å². The third kappa shape index (κ3) is 5.82. The van der Waals surface area contributed by atoms with E-state index in [2.05, 4.69) is 20.7 Å². The van der Waals surface area contributed by atoms with Crippen LogP contribution >= 0.6 is 11.6 Å². The molecule has 0 radical (unpaired) electrons. The Kier molecular flexibility index (Phi) is 8.35. The average molecular weight is 546 g/mol. The SMILES string of the molecule is COC[C@H]1C/C(=C/Nc2cc(Nc3ccnn3C)ncc2Cl)C(=N)C(=O)N1Cc1cc(F)cc(F)c1CO. The number of hydrogen-bond donors (Lipinski definition) is 4. The highest BCUT2D eigenvalue weighted by molar-refractivity contribution is 6.44. The number of carbonyl (C=O) groups is 1. The first-order valence-electron chi connectivity index (χ1n) is 11.5. The smallest absolute Gasteiger partial charge is 0.272 e. The number of methoxy groups -OCH3 is 1. The molecular weight excluding hydrogens is 520 g/mol. The van der Waals surface area contributed by atoms with Crippen LogP contribution in [0.2, 0.25) is 5.02 Å². The van der Waals surface area contributed by atoms with Crippen LogP contribution in [-0.4, -0.2) is 56.1 Å². The third-order valence-corrected chi connectivity index (χ3v) is 6.44. The maximum atomic E-state index is 14.2. The lowest BCUT2D eigenvalue weighted by Gasteiger charge is -2.37. The predicted molar refractivity (Wildman–Crippen MR) is 138 cm³/mol. The van der Waals surface area contributed by atoms with Crippen molar-refractivity contribution in [3.63, 3.8) is 0 Å². The summed E-state index contributed by atoms with van der Waals surface area (Å²) in [5, 5.41) is 28.6. The molecule has 0 bridgehead atoms. The molecule has 2 aromatic heterocycles. The van der Waals surface area contributed by atoms with E-state index in [4.69, 9.17) is 21.7 Å². The van der Waals surface area contributed by atoms with Crippen molar-refractivity contribution in [2.24, 2.45) is 7.05 Å². The molecule has 0 spiro atoms. The van der Waals surface area contributed by atoms with Crippen LogP contribution in [0.5, 0.6) is 0 Å². The monoisotopic (exact) mass is 545 g/mol. The Morgan fingerprint density at radius 3 is 2.82 bits per heavy atom. The second kappa shape index (κ2) is 11.7. The number of anilines is 3. The van der Waals surface area contributed by atoms with Crippen molar-refractivity contribution in [1.29, 1.82) is 5.41 Å². The second-order valence-electron chi connectivity index (χ2n) is 8.63. The molecule has 1 amide bonds. The van der Waals surface area contributed by atoms with Crippen molar-refractivity contribution >= 4 is 40.5 Å². The Morgan fingerprint density at radius 2 is 2.13 bits per heavy atom. The van der Waals surface area contributed by atoms with Crippen LogP contribution in [-0.2, 0) is 29.7 Å². The van der Waals surface area contributed by atoms with Gasteiger partial charge in [-0.3, -0.25) is 14.9 Å². The van der Waals surface area contributed by atoms with Crippen LogP contribution in [0.3, 0.4) is 0 Å². The zero-order valence-corrected chi connectivity index (χ0v) is 21.4. The topological polar surface area (TPSA) is 128 Å². The number of amides is 1.